The van der Waals surface area contributed by atoms with Crippen molar-refractivity contribution in [1.29, 1.82) is 0 Å². The van der Waals surface area contributed by atoms with E-state index in [1.54, 1.807) is 25.1 Å². The third kappa shape index (κ3) is 4.99. The average Bonchev–Trinajstić information content (AvgIpc) is 2.74. The number of aliphatic hydroxyl groups excluding tert-OH is 1. The maximum atomic E-state index is 13.2. The van der Waals surface area contributed by atoms with Gasteiger partial charge in [-0.15, -0.1) is 0 Å². The lowest BCUT2D eigenvalue weighted by molar-refractivity contribution is -0.155. The van der Waals surface area contributed by atoms with Crippen molar-refractivity contribution in [3.63, 3.8) is 0 Å². The lowest BCUT2D eigenvalue weighted by atomic mass is 9.87. The van der Waals surface area contributed by atoms with Crippen LogP contribution in [-0.2, 0) is 9.84 Å². The summed E-state index contributed by atoms with van der Waals surface area (Å²) in [5, 5.41) is 13.4. The van der Waals surface area contributed by atoms with Gasteiger partial charge in [0.1, 0.15) is 0 Å². The van der Waals surface area contributed by atoms with Gasteiger partial charge in [-0.25, -0.2) is 8.42 Å². The summed E-state index contributed by atoms with van der Waals surface area (Å²) < 4.78 is 64.7. The second-order valence-electron chi connectivity index (χ2n) is 7.60. The number of fused-ring (bicyclic) bond motifs is 1. The predicted octanol–water partition coefficient (Wildman–Crippen LogP) is 4.01. The molecule has 0 fully saturated rings. The zero-order valence-corrected chi connectivity index (χ0v) is 16.8. The molecule has 29 heavy (non-hydrogen) atoms. The van der Waals surface area contributed by atoms with Crippen LogP contribution in [-0.4, -0.2) is 37.1 Å². The molecule has 0 radical (unpaired) electrons. The molecular weight excluding hydrogens is 403 g/mol. The van der Waals surface area contributed by atoms with Crippen molar-refractivity contribution in [2.45, 2.75) is 54.9 Å². The summed E-state index contributed by atoms with van der Waals surface area (Å²) in [4.78, 5) is 0.169. The highest BCUT2D eigenvalue weighted by Crippen LogP contribution is 2.38. The molecule has 3 atom stereocenters. The Balaban J connectivity index is 2.09. The molecule has 2 aromatic carbocycles. The minimum Gasteiger partial charge on any atom is -0.393 e. The first-order chi connectivity index (χ1) is 13.6. The molecule has 0 amide bonds. The zero-order valence-electron chi connectivity index (χ0n) is 16.0. The highest BCUT2D eigenvalue weighted by atomic mass is 32.2. The van der Waals surface area contributed by atoms with Gasteiger partial charge >= 0.3 is 6.18 Å². The van der Waals surface area contributed by atoms with Crippen LogP contribution in [0.15, 0.2) is 59.5 Å². The van der Waals surface area contributed by atoms with E-state index in [0.717, 1.165) is 5.56 Å². The Morgan fingerprint density at radius 2 is 1.76 bits per heavy atom. The lowest BCUT2D eigenvalue weighted by Gasteiger charge is -2.37. The Labute approximate surface area is 168 Å². The average molecular weight is 427 g/mol. The first kappa shape index (κ1) is 21.8. The second kappa shape index (κ2) is 8.08. The smallest absolute Gasteiger partial charge is 0.391 e. The number of alkyl halides is 3. The predicted molar refractivity (Wildman–Crippen MR) is 104 cm³/mol. The van der Waals surface area contributed by atoms with E-state index in [1.165, 1.54) is 6.07 Å². The normalized spacial score (nSPS) is 25.1. The van der Waals surface area contributed by atoms with Crippen LogP contribution in [0.1, 0.15) is 43.4 Å². The molecule has 2 unspecified atom stereocenters. The monoisotopic (exact) mass is 427 g/mol. The minimum atomic E-state index is -4.53. The number of rotatable bonds is 5. The Hall–Kier alpha value is -1.90. The van der Waals surface area contributed by atoms with Crippen molar-refractivity contribution in [3.8, 4) is 0 Å². The number of halogens is 3. The fraction of sp³-hybridized carbons (Fsp3) is 0.429. The third-order valence-electron chi connectivity index (χ3n) is 5.39. The highest BCUT2D eigenvalue weighted by Gasteiger charge is 2.44. The van der Waals surface area contributed by atoms with Gasteiger partial charge in [0.15, 0.2) is 9.84 Å². The van der Waals surface area contributed by atoms with Gasteiger partial charge < -0.3 is 5.11 Å². The molecule has 2 N–H and O–H groups in total. The van der Waals surface area contributed by atoms with Gasteiger partial charge in [0.25, 0.3) is 0 Å². The van der Waals surface area contributed by atoms with Crippen LogP contribution in [0.2, 0.25) is 0 Å². The van der Waals surface area contributed by atoms with Crippen molar-refractivity contribution >= 4 is 9.84 Å². The van der Waals surface area contributed by atoms with Gasteiger partial charge in [0.05, 0.1) is 29.2 Å². The molecule has 0 saturated carbocycles. The maximum absolute atomic E-state index is 13.2. The van der Waals surface area contributed by atoms with E-state index >= 15 is 0 Å². The molecule has 0 saturated heterocycles. The van der Waals surface area contributed by atoms with Crippen LogP contribution >= 0.6 is 0 Å². The largest absolute Gasteiger partial charge is 0.393 e. The summed E-state index contributed by atoms with van der Waals surface area (Å²) in [6.07, 6.45) is -7.67. The number of nitrogens with one attached hydrogen (secondary N) is 1. The molecule has 1 heterocycles. The third-order valence-corrected chi connectivity index (χ3v) is 7.36. The van der Waals surface area contributed by atoms with Crippen molar-refractivity contribution in [2.24, 2.45) is 0 Å². The fourth-order valence-corrected chi connectivity index (χ4v) is 6.15. The summed E-state index contributed by atoms with van der Waals surface area (Å²) in [5.41, 5.74) is 0.155. The topological polar surface area (TPSA) is 66.4 Å². The first-order valence-electron chi connectivity index (χ1n) is 9.44. The van der Waals surface area contributed by atoms with Crippen molar-refractivity contribution < 1.29 is 26.7 Å². The van der Waals surface area contributed by atoms with E-state index in [-0.39, 0.29) is 23.5 Å². The molecule has 4 nitrogen and oxygen atoms in total. The minimum absolute atomic E-state index is 0.169. The van der Waals surface area contributed by atoms with E-state index in [2.05, 4.69) is 5.32 Å². The van der Waals surface area contributed by atoms with Crippen molar-refractivity contribution in [1.82, 2.24) is 5.32 Å². The number of hydrogen-bond donors (Lipinski definition) is 2. The summed E-state index contributed by atoms with van der Waals surface area (Å²) >= 11 is 0. The van der Waals surface area contributed by atoms with E-state index in [9.17, 15) is 26.7 Å². The molecule has 1 aliphatic rings. The van der Waals surface area contributed by atoms with E-state index < -0.39 is 40.1 Å². The van der Waals surface area contributed by atoms with Crippen LogP contribution in [0.25, 0.3) is 0 Å². The molecule has 3 rings (SSSR count). The second-order valence-corrected chi connectivity index (χ2v) is 9.55. The van der Waals surface area contributed by atoms with Crippen LogP contribution in [0.5, 0.6) is 0 Å². The molecular formula is C21H24F3NO3S. The lowest BCUT2D eigenvalue weighted by Crippen LogP contribution is -2.52. The van der Waals surface area contributed by atoms with Crippen LogP contribution in [0.3, 0.4) is 0 Å². The van der Waals surface area contributed by atoms with Crippen molar-refractivity contribution in [2.75, 3.05) is 5.75 Å². The Morgan fingerprint density at radius 3 is 2.38 bits per heavy atom. The summed E-state index contributed by atoms with van der Waals surface area (Å²) in [7, 11) is -3.78. The zero-order chi connectivity index (χ0) is 21.3. The van der Waals surface area contributed by atoms with Crippen LogP contribution in [0, 0.1) is 0 Å². The molecule has 0 aliphatic carbocycles. The Bertz CT molecular complexity index is 947. The molecule has 0 spiro atoms. The fourth-order valence-electron chi connectivity index (χ4n) is 4.03. The van der Waals surface area contributed by atoms with E-state index in [1.807, 2.05) is 30.3 Å². The van der Waals surface area contributed by atoms with Gasteiger partial charge in [-0.3, -0.25) is 5.32 Å². The summed E-state index contributed by atoms with van der Waals surface area (Å²) in [6.45, 7) is 1.72. The Kier molecular flexibility index (Phi) is 6.08. The van der Waals surface area contributed by atoms with E-state index in [0.29, 0.717) is 5.56 Å². The number of aliphatic hydroxyl groups is 1. The molecule has 2 aromatic rings. The number of benzene rings is 2. The van der Waals surface area contributed by atoms with Crippen LogP contribution in [0.4, 0.5) is 13.2 Å². The van der Waals surface area contributed by atoms with Gasteiger partial charge in [-0.05, 0) is 30.0 Å². The first-order valence-corrected chi connectivity index (χ1v) is 11.1. The van der Waals surface area contributed by atoms with Gasteiger partial charge in [-0.2, -0.15) is 13.2 Å². The van der Waals surface area contributed by atoms with E-state index in [4.69, 9.17) is 0 Å². The molecule has 0 aromatic heterocycles. The molecule has 158 valence electrons. The van der Waals surface area contributed by atoms with Crippen molar-refractivity contribution in [3.05, 3.63) is 65.7 Å². The quantitative estimate of drug-likeness (QED) is 0.757. The standard InChI is InChI=1S/C21H24F3NO3S/c1-2-20(12-16(26)13-21(22,23)24)14-29(27,28)18-11-7-6-10-17(18)19(25-20)15-8-4-3-5-9-15/h3-11,16,19,25-26H,2,12-14H2,1H3/t16-,19?,20?/m0/s1. The Morgan fingerprint density at radius 1 is 1.14 bits per heavy atom. The van der Waals surface area contributed by atoms with Crippen LogP contribution < -0.4 is 5.32 Å². The van der Waals surface area contributed by atoms with Gasteiger partial charge in [0.2, 0.25) is 0 Å². The number of hydrogen-bond acceptors (Lipinski definition) is 4. The molecule has 1 aliphatic heterocycles. The summed E-state index contributed by atoms with van der Waals surface area (Å²) in [6, 6.07) is 15.3. The van der Waals surface area contributed by atoms with Gasteiger partial charge in [-0.1, -0.05) is 55.5 Å². The van der Waals surface area contributed by atoms with Gasteiger partial charge in [0, 0.05) is 5.54 Å². The maximum Gasteiger partial charge on any atom is 0.391 e. The summed E-state index contributed by atoms with van der Waals surface area (Å²) in [5.74, 6) is -0.383. The SMILES string of the molecule is CCC1(C[C@H](O)CC(F)(F)F)CS(=O)(=O)c2ccccc2C(c2ccccc2)N1. The molecule has 8 heteroatoms. The number of sulfone groups is 1. The highest BCUT2D eigenvalue weighted by molar-refractivity contribution is 7.91. The molecule has 0 bridgehead atoms.